The molecular formula is C18H22N4O2. The highest BCUT2D eigenvalue weighted by Crippen LogP contribution is 2.10. The van der Waals surface area contributed by atoms with Crippen molar-refractivity contribution in [1.82, 2.24) is 19.8 Å². The standard InChI is InChI=1S/C18H22N4O2/c23-17(5-4-15-6-9-19-10-7-15)21-11-2-12-22(14-13-21)18(24)16-3-1-8-20-16/h1,3,6-10,20H,2,4-5,11-14H2. The Balaban J connectivity index is 1.51. The van der Waals surface area contributed by atoms with Gasteiger partial charge in [0.25, 0.3) is 5.91 Å². The molecule has 3 rings (SSSR count). The molecule has 0 radical (unpaired) electrons. The molecule has 1 aliphatic heterocycles. The third-order valence-electron chi connectivity index (χ3n) is 4.34. The number of hydrogen-bond donors (Lipinski definition) is 1. The first-order valence-electron chi connectivity index (χ1n) is 8.33. The maximum absolute atomic E-state index is 12.4. The van der Waals surface area contributed by atoms with Gasteiger partial charge in [0.1, 0.15) is 5.69 Å². The Morgan fingerprint density at radius 2 is 1.79 bits per heavy atom. The molecule has 3 heterocycles. The largest absolute Gasteiger partial charge is 0.357 e. The maximum Gasteiger partial charge on any atom is 0.270 e. The van der Waals surface area contributed by atoms with E-state index >= 15 is 0 Å². The van der Waals surface area contributed by atoms with Crippen LogP contribution in [0.5, 0.6) is 0 Å². The van der Waals surface area contributed by atoms with Gasteiger partial charge in [-0.1, -0.05) is 0 Å². The Morgan fingerprint density at radius 3 is 2.54 bits per heavy atom. The van der Waals surface area contributed by atoms with Gasteiger partial charge < -0.3 is 14.8 Å². The molecule has 0 unspecified atom stereocenters. The van der Waals surface area contributed by atoms with Crippen LogP contribution in [0.25, 0.3) is 0 Å². The van der Waals surface area contributed by atoms with Gasteiger partial charge in [0.05, 0.1) is 0 Å². The molecule has 1 N–H and O–H groups in total. The van der Waals surface area contributed by atoms with E-state index in [1.165, 1.54) is 0 Å². The predicted octanol–water partition coefficient (Wildman–Crippen LogP) is 1.72. The van der Waals surface area contributed by atoms with Crippen LogP contribution >= 0.6 is 0 Å². The number of nitrogens with zero attached hydrogens (tertiary/aromatic N) is 3. The summed E-state index contributed by atoms with van der Waals surface area (Å²) in [6, 6.07) is 7.48. The van der Waals surface area contributed by atoms with Crippen LogP contribution in [0.15, 0.2) is 42.9 Å². The molecule has 0 atom stereocenters. The first-order chi connectivity index (χ1) is 11.7. The van der Waals surface area contributed by atoms with E-state index in [1.807, 2.05) is 28.0 Å². The zero-order chi connectivity index (χ0) is 16.8. The Bertz CT molecular complexity index is 670. The molecular weight excluding hydrogens is 304 g/mol. The summed E-state index contributed by atoms with van der Waals surface area (Å²) in [5, 5.41) is 0. The smallest absolute Gasteiger partial charge is 0.270 e. The fraction of sp³-hybridized carbons (Fsp3) is 0.389. The van der Waals surface area contributed by atoms with Crippen LogP contribution in [0, 0.1) is 0 Å². The minimum Gasteiger partial charge on any atom is -0.357 e. The average molecular weight is 326 g/mol. The molecule has 0 aromatic carbocycles. The van der Waals surface area contributed by atoms with Crippen molar-refractivity contribution in [3.63, 3.8) is 0 Å². The van der Waals surface area contributed by atoms with Crippen molar-refractivity contribution in [3.8, 4) is 0 Å². The molecule has 1 saturated heterocycles. The van der Waals surface area contributed by atoms with Gasteiger partial charge in [-0.05, 0) is 42.7 Å². The predicted molar refractivity (Wildman–Crippen MR) is 90.5 cm³/mol. The van der Waals surface area contributed by atoms with Crippen molar-refractivity contribution in [1.29, 1.82) is 0 Å². The molecule has 6 heteroatoms. The van der Waals surface area contributed by atoms with Crippen LogP contribution < -0.4 is 0 Å². The summed E-state index contributed by atoms with van der Waals surface area (Å²) < 4.78 is 0. The van der Waals surface area contributed by atoms with Crippen molar-refractivity contribution in [2.45, 2.75) is 19.3 Å². The monoisotopic (exact) mass is 326 g/mol. The second-order valence-electron chi connectivity index (χ2n) is 5.97. The number of carbonyl (C=O) groups is 2. The van der Waals surface area contributed by atoms with Gasteiger partial charge in [-0.2, -0.15) is 0 Å². The number of aromatic amines is 1. The SMILES string of the molecule is O=C(CCc1ccncc1)N1CCCN(C(=O)c2ccc[nH]2)CC1. The van der Waals surface area contributed by atoms with Crippen molar-refractivity contribution in [2.24, 2.45) is 0 Å². The number of carbonyl (C=O) groups excluding carboxylic acids is 2. The molecule has 2 amide bonds. The summed E-state index contributed by atoms with van der Waals surface area (Å²) in [6.07, 6.45) is 7.27. The van der Waals surface area contributed by atoms with Crippen LogP contribution in [-0.4, -0.2) is 57.8 Å². The lowest BCUT2D eigenvalue weighted by atomic mass is 10.1. The maximum atomic E-state index is 12.4. The van der Waals surface area contributed by atoms with Gasteiger partial charge in [-0.25, -0.2) is 0 Å². The number of aromatic nitrogens is 2. The third kappa shape index (κ3) is 4.01. The Morgan fingerprint density at radius 1 is 1.04 bits per heavy atom. The van der Waals surface area contributed by atoms with Crippen LogP contribution in [0.4, 0.5) is 0 Å². The van der Waals surface area contributed by atoms with Crippen LogP contribution in [-0.2, 0) is 11.2 Å². The van der Waals surface area contributed by atoms with Crippen LogP contribution in [0.1, 0.15) is 28.9 Å². The molecule has 126 valence electrons. The van der Waals surface area contributed by atoms with Gasteiger partial charge in [0.15, 0.2) is 0 Å². The lowest BCUT2D eigenvalue weighted by Gasteiger charge is -2.22. The number of nitrogens with one attached hydrogen (secondary N) is 1. The Kier molecular flexibility index (Phi) is 5.25. The van der Waals surface area contributed by atoms with Crippen molar-refractivity contribution in [3.05, 3.63) is 54.1 Å². The summed E-state index contributed by atoms with van der Waals surface area (Å²) in [5.74, 6) is 0.159. The molecule has 0 saturated carbocycles. The topological polar surface area (TPSA) is 69.3 Å². The minimum absolute atomic E-state index is 0.00563. The molecule has 6 nitrogen and oxygen atoms in total. The second kappa shape index (κ2) is 7.77. The van der Waals surface area contributed by atoms with Crippen molar-refractivity contribution < 1.29 is 9.59 Å². The zero-order valence-electron chi connectivity index (χ0n) is 13.6. The number of H-pyrrole nitrogens is 1. The quantitative estimate of drug-likeness (QED) is 0.930. The average Bonchev–Trinajstić information content (AvgIpc) is 3.04. The molecule has 1 fully saturated rings. The number of rotatable bonds is 4. The van der Waals surface area contributed by atoms with E-state index in [9.17, 15) is 9.59 Å². The van der Waals surface area contributed by atoms with Gasteiger partial charge >= 0.3 is 0 Å². The summed E-state index contributed by atoms with van der Waals surface area (Å²) in [5.41, 5.74) is 1.73. The van der Waals surface area contributed by atoms with Crippen LogP contribution in [0.3, 0.4) is 0 Å². The minimum atomic E-state index is 0.00563. The Hall–Kier alpha value is -2.63. The molecule has 24 heavy (non-hydrogen) atoms. The van der Waals surface area contributed by atoms with E-state index < -0.39 is 0 Å². The lowest BCUT2D eigenvalue weighted by Crippen LogP contribution is -2.37. The van der Waals surface area contributed by atoms with E-state index in [-0.39, 0.29) is 11.8 Å². The molecule has 0 spiro atoms. The number of aryl methyl sites for hydroxylation is 1. The molecule has 0 bridgehead atoms. The second-order valence-corrected chi connectivity index (χ2v) is 5.97. The van der Waals surface area contributed by atoms with Gasteiger partial charge in [0.2, 0.25) is 5.91 Å². The first-order valence-corrected chi connectivity index (χ1v) is 8.33. The number of hydrogen-bond acceptors (Lipinski definition) is 3. The first kappa shape index (κ1) is 16.2. The van der Waals surface area contributed by atoms with Gasteiger partial charge in [0, 0.05) is 51.2 Å². The summed E-state index contributed by atoms with van der Waals surface area (Å²) in [7, 11) is 0. The van der Waals surface area contributed by atoms with Crippen molar-refractivity contribution in [2.75, 3.05) is 26.2 Å². The van der Waals surface area contributed by atoms with E-state index in [4.69, 9.17) is 0 Å². The highest BCUT2D eigenvalue weighted by Gasteiger charge is 2.22. The number of amides is 2. The zero-order valence-corrected chi connectivity index (χ0v) is 13.6. The van der Waals surface area contributed by atoms with E-state index in [0.29, 0.717) is 38.3 Å². The summed E-state index contributed by atoms with van der Waals surface area (Å²) >= 11 is 0. The Labute approximate surface area is 141 Å². The van der Waals surface area contributed by atoms with E-state index in [0.717, 1.165) is 18.4 Å². The molecule has 2 aromatic rings. The lowest BCUT2D eigenvalue weighted by molar-refractivity contribution is -0.131. The molecule has 0 aliphatic carbocycles. The van der Waals surface area contributed by atoms with Crippen molar-refractivity contribution >= 4 is 11.8 Å². The highest BCUT2D eigenvalue weighted by molar-refractivity contribution is 5.92. The normalized spacial score (nSPS) is 15.2. The third-order valence-corrected chi connectivity index (χ3v) is 4.34. The highest BCUT2D eigenvalue weighted by atomic mass is 16.2. The van der Waals surface area contributed by atoms with Gasteiger partial charge in [-0.15, -0.1) is 0 Å². The van der Waals surface area contributed by atoms with E-state index in [1.54, 1.807) is 24.7 Å². The van der Waals surface area contributed by atoms with Crippen LogP contribution in [0.2, 0.25) is 0 Å². The summed E-state index contributed by atoms with van der Waals surface area (Å²) in [6.45, 7) is 2.58. The fourth-order valence-corrected chi connectivity index (χ4v) is 2.96. The molecule has 1 aliphatic rings. The summed E-state index contributed by atoms with van der Waals surface area (Å²) in [4.78, 5) is 35.5. The molecule has 2 aromatic heterocycles. The van der Waals surface area contributed by atoms with Gasteiger partial charge in [-0.3, -0.25) is 14.6 Å². The van der Waals surface area contributed by atoms with E-state index in [2.05, 4.69) is 9.97 Å². The fourth-order valence-electron chi connectivity index (χ4n) is 2.96. The number of pyridine rings is 1.